The molecule has 0 aliphatic heterocycles. The number of amides is 1. The first-order chi connectivity index (χ1) is 18.7. The van der Waals surface area contributed by atoms with E-state index in [9.17, 15) is 14.0 Å². The van der Waals surface area contributed by atoms with Gasteiger partial charge in [-0.05, 0) is 75.4 Å². The third kappa shape index (κ3) is 7.91. The number of hydrogen-bond donors (Lipinski definition) is 2. The van der Waals surface area contributed by atoms with Crippen LogP contribution in [0, 0.1) is 11.6 Å². The van der Waals surface area contributed by atoms with E-state index in [2.05, 4.69) is 10.3 Å². The normalized spacial score (nSPS) is 11.9. The lowest BCUT2D eigenvalue weighted by molar-refractivity contribution is -0.144. The van der Waals surface area contributed by atoms with Gasteiger partial charge in [-0.1, -0.05) is 0 Å². The van der Waals surface area contributed by atoms with Gasteiger partial charge in [0.1, 0.15) is 23.2 Å². The van der Waals surface area contributed by atoms with E-state index < -0.39 is 29.7 Å². The molecule has 0 fully saturated rings. The highest BCUT2D eigenvalue weighted by Gasteiger charge is 2.28. The summed E-state index contributed by atoms with van der Waals surface area (Å²) in [7, 11) is 0. The fourth-order valence-corrected chi connectivity index (χ4v) is 3.50. The van der Waals surface area contributed by atoms with Crippen molar-refractivity contribution in [3.8, 4) is 17.2 Å². The second-order valence-corrected chi connectivity index (χ2v) is 7.92. The highest BCUT2D eigenvalue weighted by Crippen LogP contribution is 2.33. The Balaban J connectivity index is 1.83. The third-order valence-electron chi connectivity index (χ3n) is 5.21. The molecule has 0 saturated heterocycles. The molecule has 206 valence electrons. The van der Waals surface area contributed by atoms with E-state index in [0.717, 1.165) is 12.1 Å². The van der Waals surface area contributed by atoms with Gasteiger partial charge < -0.3 is 30.0 Å². The number of nitrogens with zero attached hydrogens (tertiary/aromatic N) is 1. The highest BCUT2D eigenvalue weighted by atomic mass is 19.1. The van der Waals surface area contributed by atoms with Gasteiger partial charge in [0.05, 0.1) is 19.8 Å². The number of nitrogens with one attached hydrogen (secondary N) is 1. The lowest BCUT2D eigenvalue weighted by Crippen LogP contribution is -2.25. The lowest BCUT2D eigenvalue weighted by atomic mass is 10.0. The Labute approximate surface area is 224 Å². The maximum Gasteiger partial charge on any atom is 0.441 e. The van der Waals surface area contributed by atoms with Crippen LogP contribution in [0.15, 0.2) is 65.7 Å². The van der Waals surface area contributed by atoms with Crippen LogP contribution in [0.1, 0.15) is 37.9 Å². The van der Waals surface area contributed by atoms with E-state index in [-0.39, 0.29) is 36.1 Å². The van der Waals surface area contributed by atoms with Crippen LogP contribution in [0.2, 0.25) is 0 Å². The van der Waals surface area contributed by atoms with Crippen LogP contribution in [0.4, 0.5) is 19.3 Å². The predicted molar refractivity (Wildman–Crippen MR) is 141 cm³/mol. The Kier molecular flexibility index (Phi) is 10.2. The van der Waals surface area contributed by atoms with E-state index in [4.69, 9.17) is 24.7 Å². The molecule has 3 rings (SSSR count). The number of aliphatic imine (C=N–C) groups is 1. The molecule has 1 amide bonds. The number of carbonyl (C=O) groups excluding carboxylic acids is 2. The summed E-state index contributed by atoms with van der Waals surface area (Å²) in [5.41, 5.74) is 6.72. The molecule has 0 saturated carbocycles. The lowest BCUT2D eigenvalue weighted by Gasteiger charge is -2.21. The Morgan fingerprint density at radius 1 is 0.897 bits per heavy atom. The van der Waals surface area contributed by atoms with Gasteiger partial charge in [-0.3, -0.25) is 0 Å². The van der Waals surface area contributed by atoms with Crippen LogP contribution in [0.5, 0.6) is 17.2 Å². The summed E-state index contributed by atoms with van der Waals surface area (Å²) >= 11 is 0. The standard InChI is InChI=1S/C28H29F2N3O6/c1-4-36-21-15-22(24(30)23(16-21)37-5-2)25(27(34)38-6-3)32-19-11-7-17(8-12-19)26(31)33-28(35)39-20-13-9-18(29)10-14-20/h7-16,25,32H,4-6H2,1-3H3,(H2,31,33,35). The molecule has 0 aliphatic carbocycles. The summed E-state index contributed by atoms with van der Waals surface area (Å²) in [6.07, 6.45) is -0.988. The van der Waals surface area contributed by atoms with Gasteiger partial charge in [-0.15, -0.1) is 0 Å². The number of amidine groups is 1. The molecule has 1 unspecified atom stereocenters. The van der Waals surface area contributed by atoms with Gasteiger partial charge in [0.2, 0.25) is 0 Å². The number of ether oxygens (including phenoxy) is 4. The van der Waals surface area contributed by atoms with Crippen molar-refractivity contribution < 1.29 is 37.3 Å². The second kappa shape index (κ2) is 13.8. The molecule has 0 radical (unpaired) electrons. The maximum atomic E-state index is 15.4. The monoisotopic (exact) mass is 541 g/mol. The molecular formula is C28H29F2N3O6. The van der Waals surface area contributed by atoms with Gasteiger partial charge >= 0.3 is 12.1 Å². The maximum absolute atomic E-state index is 15.4. The minimum Gasteiger partial charge on any atom is -0.494 e. The zero-order valence-electron chi connectivity index (χ0n) is 21.7. The number of benzene rings is 3. The van der Waals surface area contributed by atoms with E-state index in [1.807, 2.05) is 0 Å². The average Bonchev–Trinajstić information content (AvgIpc) is 2.91. The molecule has 0 heterocycles. The van der Waals surface area contributed by atoms with Crippen molar-refractivity contribution in [3.63, 3.8) is 0 Å². The van der Waals surface area contributed by atoms with Crippen molar-refractivity contribution in [2.45, 2.75) is 26.8 Å². The van der Waals surface area contributed by atoms with E-state index in [0.29, 0.717) is 23.6 Å². The second-order valence-electron chi connectivity index (χ2n) is 7.92. The number of nitrogens with two attached hydrogens (primary N) is 1. The third-order valence-corrected chi connectivity index (χ3v) is 5.21. The number of anilines is 1. The first kappa shape index (κ1) is 28.9. The number of carbonyl (C=O) groups is 2. The van der Waals surface area contributed by atoms with E-state index >= 15 is 4.39 Å². The van der Waals surface area contributed by atoms with Gasteiger partial charge in [0, 0.05) is 22.9 Å². The van der Waals surface area contributed by atoms with Gasteiger partial charge in [0.15, 0.2) is 17.6 Å². The molecule has 0 spiro atoms. The fraction of sp³-hybridized carbons (Fsp3) is 0.250. The van der Waals surface area contributed by atoms with Crippen LogP contribution >= 0.6 is 0 Å². The van der Waals surface area contributed by atoms with Crippen molar-refractivity contribution >= 4 is 23.6 Å². The van der Waals surface area contributed by atoms with Crippen molar-refractivity contribution in [1.82, 2.24) is 0 Å². The molecule has 9 nitrogen and oxygen atoms in total. The predicted octanol–water partition coefficient (Wildman–Crippen LogP) is 5.38. The molecular weight excluding hydrogens is 512 g/mol. The molecule has 3 aromatic rings. The van der Waals surface area contributed by atoms with Crippen molar-refractivity contribution in [2.75, 3.05) is 25.1 Å². The first-order valence-corrected chi connectivity index (χ1v) is 12.2. The summed E-state index contributed by atoms with van der Waals surface area (Å²) in [5.74, 6) is -1.65. The molecule has 3 N–H and O–H groups in total. The zero-order chi connectivity index (χ0) is 28.4. The van der Waals surface area contributed by atoms with Gasteiger partial charge in [-0.25, -0.2) is 18.4 Å². The Morgan fingerprint density at radius 3 is 2.18 bits per heavy atom. The number of rotatable bonds is 11. The number of hydrogen-bond acceptors (Lipinski definition) is 7. The minimum absolute atomic E-state index is 0.0171. The topological polar surface area (TPSA) is 121 Å². The van der Waals surface area contributed by atoms with Crippen LogP contribution in [0.3, 0.4) is 0 Å². The average molecular weight is 542 g/mol. The quantitative estimate of drug-likeness (QED) is 0.188. The van der Waals surface area contributed by atoms with Crippen LogP contribution < -0.4 is 25.3 Å². The molecule has 0 aromatic heterocycles. The van der Waals surface area contributed by atoms with E-state index in [1.165, 1.54) is 24.3 Å². The SMILES string of the molecule is CCOC(=O)C(Nc1ccc(C(N)=NC(=O)Oc2ccc(F)cc2)cc1)c1cc(OCC)cc(OCC)c1F. The summed E-state index contributed by atoms with van der Waals surface area (Å²) < 4.78 is 49.5. The summed E-state index contributed by atoms with van der Waals surface area (Å²) in [6, 6.07) is 12.7. The Hall–Kier alpha value is -4.67. The van der Waals surface area contributed by atoms with Gasteiger partial charge in [-0.2, -0.15) is 4.99 Å². The number of esters is 1. The number of halogens is 2. The van der Waals surface area contributed by atoms with Crippen LogP contribution in [0.25, 0.3) is 0 Å². The zero-order valence-corrected chi connectivity index (χ0v) is 21.7. The fourth-order valence-electron chi connectivity index (χ4n) is 3.50. The minimum atomic E-state index is -1.23. The molecule has 39 heavy (non-hydrogen) atoms. The molecule has 0 bridgehead atoms. The highest BCUT2D eigenvalue weighted by molar-refractivity contribution is 6.03. The first-order valence-electron chi connectivity index (χ1n) is 12.2. The Bertz CT molecular complexity index is 1310. The van der Waals surface area contributed by atoms with Crippen LogP contribution in [-0.2, 0) is 9.53 Å². The largest absolute Gasteiger partial charge is 0.494 e. The van der Waals surface area contributed by atoms with Crippen molar-refractivity contribution in [2.24, 2.45) is 10.7 Å². The summed E-state index contributed by atoms with van der Waals surface area (Å²) in [4.78, 5) is 28.6. The molecule has 11 heteroatoms. The Morgan fingerprint density at radius 2 is 1.56 bits per heavy atom. The molecule has 0 aliphatic rings. The smallest absolute Gasteiger partial charge is 0.441 e. The molecule has 3 aromatic carbocycles. The van der Waals surface area contributed by atoms with E-state index in [1.54, 1.807) is 45.0 Å². The van der Waals surface area contributed by atoms with Crippen molar-refractivity contribution in [3.05, 3.63) is 83.4 Å². The summed E-state index contributed by atoms with van der Waals surface area (Å²) in [6.45, 7) is 5.77. The van der Waals surface area contributed by atoms with Crippen molar-refractivity contribution in [1.29, 1.82) is 0 Å². The molecule has 1 atom stereocenters. The summed E-state index contributed by atoms with van der Waals surface area (Å²) in [5, 5.41) is 2.97. The van der Waals surface area contributed by atoms with Crippen LogP contribution in [-0.4, -0.2) is 37.7 Å². The van der Waals surface area contributed by atoms with Gasteiger partial charge in [0.25, 0.3) is 0 Å².